The minimum absolute atomic E-state index is 0.489. The number of rotatable bonds is 1. The molecule has 0 radical (unpaired) electrons. The number of oxazole rings is 1. The van der Waals surface area contributed by atoms with E-state index in [2.05, 4.69) is 4.98 Å². The van der Waals surface area contributed by atoms with Crippen molar-refractivity contribution in [3.8, 4) is 0 Å². The van der Waals surface area contributed by atoms with Crippen molar-refractivity contribution in [1.82, 2.24) is 4.98 Å². The third kappa shape index (κ3) is 1.21. The summed E-state index contributed by atoms with van der Waals surface area (Å²) in [5, 5.41) is 0. The van der Waals surface area contributed by atoms with Crippen LogP contribution in [0.25, 0.3) is 11.1 Å². The standard InChI is InChI=1S/C8H7IN2O/c9-8-11-6-3-1-2-5(4-10)7(6)12-8/h1-3H,4,10H2. The van der Waals surface area contributed by atoms with Crippen LogP contribution in [0.15, 0.2) is 22.6 Å². The first-order valence-corrected chi connectivity index (χ1v) is 4.63. The number of halogens is 1. The van der Waals surface area contributed by atoms with E-state index in [-0.39, 0.29) is 0 Å². The molecule has 0 aliphatic rings. The van der Waals surface area contributed by atoms with E-state index in [4.69, 9.17) is 10.2 Å². The molecule has 2 rings (SSSR count). The van der Waals surface area contributed by atoms with Crippen LogP contribution in [0.4, 0.5) is 0 Å². The van der Waals surface area contributed by atoms with Gasteiger partial charge < -0.3 is 10.2 Å². The highest BCUT2D eigenvalue weighted by molar-refractivity contribution is 14.1. The third-order valence-electron chi connectivity index (χ3n) is 1.69. The number of fused-ring (bicyclic) bond motifs is 1. The summed E-state index contributed by atoms with van der Waals surface area (Å²) in [6.07, 6.45) is 0. The fourth-order valence-electron chi connectivity index (χ4n) is 1.14. The molecule has 4 heteroatoms. The van der Waals surface area contributed by atoms with Gasteiger partial charge in [0.05, 0.1) is 0 Å². The molecule has 0 unspecified atom stereocenters. The first kappa shape index (κ1) is 8.00. The highest BCUT2D eigenvalue weighted by atomic mass is 127. The van der Waals surface area contributed by atoms with Gasteiger partial charge in [0.1, 0.15) is 5.52 Å². The minimum atomic E-state index is 0.489. The first-order chi connectivity index (χ1) is 5.81. The van der Waals surface area contributed by atoms with Gasteiger partial charge in [-0.3, -0.25) is 0 Å². The van der Waals surface area contributed by atoms with E-state index in [1.807, 2.05) is 40.8 Å². The smallest absolute Gasteiger partial charge is 0.258 e. The second-order valence-corrected chi connectivity index (χ2v) is 3.36. The number of benzene rings is 1. The third-order valence-corrected chi connectivity index (χ3v) is 2.15. The van der Waals surface area contributed by atoms with Crippen molar-refractivity contribution in [3.05, 3.63) is 27.7 Å². The molecule has 3 nitrogen and oxygen atoms in total. The predicted molar refractivity (Wildman–Crippen MR) is 54.6 cm³/mol. The largest absolute Gasteiger partial charge is 0.431 e. The number of nitrogens with zero attached hydrogens (tertiary/aromatic N) is 1. The summed E-state index contributed by atoms with van der Waals surface area (Å²) < 4.78 is 6.04. The molecule has 0 aliphatic heterocycles. The SMILES string of the molecule is NCc1cccc2nc(I)oc12. The topological polar surface area (TPSA) is 52.0 Å². The van der Waals surface area contributed by atoms with E-state index >= 15 is 0 Å². The molecule has 0 atom stereocenters. The van der Waals surface area contributed by atoms with Gasteiger partial charge >= 0.3 is 0 Å². The second-order valence-electron chi connectivity index (χ2n) is 2.44. The summed E-state index contributed by atoms with van der Waals surface area (Å²) in [5.41, 5.74) is 8.22. The Morgan fingerprint density at radius 1 is 1.50 bits per heavy atom. The number of aromatic nitrogens is 1. The zero-order chi connectivity index (χ0) is 8.55. The van der Waals surface area contributed by atoms with Crippen LogP contribution in [-0.2, 0) is 6.54 Å². The van der Waals surface area contributed by atoms with Crippen LogP contribution in [0, 0.1) is 3.90 Å². The maximum atomic E-state index is 5.53. The van der Waals surface area contributed by atoms with Gasteiger partial charge in [-0.1, -0.05) is 12.1 Å². The number of nitrogens with two attached hydrogens (primary N) is 1. The monoisotopic (exact) mass is 274 g/mol. The Morgan fingerprint density at radius 3 is 3.08 bits per heavy atom. The average molecular weight is 274 g/mol. The quantitative estimate of drug-likeness (QED) is 0.808. The van der Waals surface area contributed by atoms with Crippen LogP contribution >= 0.6 is 22.6 Å². The van der Waals surface area contributed by atoms with Crippen molar-refractivity contribution in [3.63, 3.8) is 0 Å². The van der Waals surface area contributed by atoms with Crippen molar-refractivity contribution >= 4 is 33.7 Å². The van der Waals surface area contributed by atoms with E-state index in [1.54, 1.807) is 0 Å². The molecular weight excluding hydrogens is 267 g/mol. The normalized spacial score (nSPS) is 10.8. The molecule has 1 heterocycles. The maximum Gasteiger partial charge on any atom is 0.258 e. The number of hydrogen-bond donors (Lipinski definition) is 1. The van der Waals surface area contributed by atoms with Crippen molar-refractivity contribution in [1.29, 1.82) is 0 Å². The van der Waals surface area contributed by atoms with Gasteiger partial charge in [-0.2, -0.15) is 0 Å². The number of hydrogen-bond acceptors (Lipinski definition) is 3. The van der Waals surface area contributed by atoms with Crippen LogP contribution < -0.4 is 5.73 Å². The molecular formula is C8H7IN2O. The molecule has 0 aliphatic carbocycles. The Morgan fingerprint density at radius 2 is 2.33 bits per heavy atom. The molecule has 12 heavy (non-hydrogen) atoms. The van der Waals surface area contributed by atoms with Crippen molar-refractivity contribution < 1.29 is 4.42 Å². The minimum Gasteiger partial charge on any atom is -0.431 e. The molecule has 0 saturated heterocycles. The lowest BCUT2D eigenvalue weighted by Gasteiger charge is -1.94. The molecule has 1 aromatic heterocycles. The molecule has 0 fully saturated rings. The van der Waals surface area contributed by atoms with E-state index in [0.717, 1.165) is 16.7 Å². The summed E-state index contributed by atoms with van der Waals surface area (Å²) in [6, 6.07) is 5.80. The lowest BCUT2D eigenvalue weighted by Crippen LogP contribution is -1.95. The summed E-state index contributed by atoms with van der Waals surface area (Å²) >= 11 is 2.05. The molecule has 0 spiro atoms. The van der Waals surface area contributed by atoms with Crippen molar-refractivity contribution in [2.45, 2.75) is 6.54 Å². The van der Waals surface area contributed by atoms with Gasteiger partial charge in [0, 0.05) is 34.7 Å². The molecule has 2 aromatic rings. The summed E-state index contributed by atoms with van der Waals surface area (Å²) in [6.45, 7) is 0.489. The first-order valence-electron chi connectivity index (χ1n) is 3.55. The molecule has 0 saturated carbocycles. The molecule has 62 valence electrons. The van der Waals surface area contributed by atoms with E-state index in [1.165, 1.54) is 0 Å². The van der Waals surface area contributed by atoms with Crippen LogP contribution in [0.5, 0.6) is 0 Å². The van der Waals surface area contributed by atoms with Crippen LogP contribution in [0.3, 0.4) is 0 Å². The van der Waals surface area contributed by atoms with E-state index in [0.29, 0.717) is 10.4 Å². The average Bonchev–Trinajstić information content (AvgIpc) is 2.44. The van der Waals surface area contributed by atoms with Gasteiger partial charge in [-0.25, -0.2) is 4.98 Å². The highest BCUT2D eigenvalue weighted by Crippen LogP contribution is 2.20. The predicted octanol–water partition coefficient (Wildman–Crippen LogP) is 1.89. The van der Waals surface area contributed by atoms with Gasteiger partial charge in [-0.15, -0.1) is 0 Å². The lowest BCUT2D eigenvalue weighted by molar-refractivity contribution is 0.563. The fraction of sp³-hybridized carbons (Fsp3) is 0.125. The molecule has 1 aromatic carbocycles. The summed E-state index contributed by atoms with van der Waals surface area (Å²) in [5.74, 6) is 0. The Kier molecular flexibility index (Phi) is 2.02. The Bertz CT molecular complexity index is 410. The van der Waals surface area contributed by atoms with Crippen molar-refractivity contribution in [2.75, 3.05) is 0 Å². The van der Waals surface area contributed by atoms with Gasteiger partial charge in [-0.05, 0) is 6.07 Å². The van der Waals surface area contributed by atoms with Gasteiger partial charge in [0.15, 0.2) is 5.58 Å². The highest BCUT2D eigenvalue weighted by Gasteiger charge is 2.05. The summed E-state index contributed by atoms with van der Waals surface area (Å²) in [7, 11) is 0. The van der Waals surface area contributed by atoms with Crippen LogP contribution in [0.1, 0.15) is 5.56 Å². The van der Waals surface area contributed by atoms with Gasteiger partial charge in [0.2, 0.25) is 0 Å². The zero-order valence-corrected chi connectivity index (χ0v) is 8.41. The summed E-state index contributed by atoms with van der Waals surface area (Å²) in [4.78, 5) is 4.19. The van der Waals surface area contributed by atoms with Crippen molar-refractivity contribution in [2.24, 2.45) is 5.73 Å². The fourth-order valence-corrected chi connectivity index (χ4v) is 1.62. The lowest BCUT2D eigenvalue weighted by atomic mass is 10.2. The maximum absolute atomic E-state index is 5.53. The van der Waals surface area contributed by atoms with Crippen LogP contribution in [-0.4, -0.2) is 4.98 Å². The zero-order valence-electron chi connectivity index (χ0n) is 6.25. The Labute approximate surface area is 83.1 Å². The molecule has 0 amide bonds. The number of para-hydroxylation sites is 1. The Hall–Kier alpha value is -0.620. The van der Waals surface area contributed by atoms with Gasteiger partial charge in [0.25, 0.3) is 3.90 Å². The van der Waals surface area contributed by atoms with E-state index in [9.17, 15) is 0 Å². The van der Waals surface area contributed by atoms with E-state index < -0.39 is 0 Å². The van der Waals surface area contributed by atoms with Crippen LogP contribution in [0.2, 0.25) is 0 Å². The Balaban J connectivity index is 2.78. The second kappa shape index (κ2) is 3.02. The molecule has 2 N–H and O–H groups in total. The molecule has 0 bridgehead atoms.